The fraction of sp³-hybridized carbons (Fsp3) is 0.485. The lowest BCUT2D eigenvalue weighted by atomic mass is 9.74. The van der Waals surface area contributed by atoms with Gasteiger partial charge >= 0.3 is 0 Å². The second-order valence-electron chi connectivity index (χ2n) is 12.1. The molecule has 3 aliphatic heterocycles. The standard InChI is InChI=1S/C33H42ClN7OS/c1-25-7-6-14-41(23-25)30-22-29(40-17-15-39(16-18-40)28-10-3-2-4-11-28)36-31(37-30)38-32(43)35-24-33(12-19-42-20-13-33)26-8-5-9-27(34)21-26/h2-5,8-11,21-22,25H,6-7,12-20,23-24H2,1H3,(H2,35,36,37,38,43)/t25-/m0/s1. The van der Waals surface area contributed by atoms with Crippen LogP contribution in [0.25, 0.3) is 0 Å². The maximum atomic E-state index is 6.38. The Kier molecular flexibility index (Phi) is 9.50. The van der Waals surface area contributed by atoms with Gasteiger partial charge in [-0.15, -0.1) is 0 Å². The molecule has 6 rings (SSSR count). The highest BCUT2D eigenvalue weighted by Crippen LogP contribution is 2.35. The Hall–Kier alpha value is -3.14. The molecule has 3 aliphatic rings. The molecule has 0 amide bonds. The number of benzene rings is 2. The Balaban J connectivity index is 1.18. The Morgan fingerprint density at radius 3 is 2.37 bits per heavy atom. The van der Waals surface area contributed by atoms with Gasteiger partial charge < -0.3 is 30.1 Å². The molecular formula is C33H42ClN7OS. The molecule has 10 heteroatoms. The summed E-state index contributed by atoms with van der Waals surface area (Å²) in [5.74, 6) is 3.09. The van der Waals surface area contributed by atoms with Crippen LogP contribution in [0.15, 0.2) is 60.7 Å². The van der Waals surface area contributed by atoms with Gasteiger partial charge in [0.2, 0.25) is 5.95 Å². The molecule has 3 aromatic rings. The number of anilines is 4. The molecule has 1 aromatic heterocycles. The number of ether oxygens (including phenoxy) is 1. The third-order valence-corrected chi connectivity index (χ3v) is 9.59. The quantitative estimate of drug-likeness (QED) is 0.323. The molecule has 4 heterocycles. The number of nitrogens with zero attached hydrogens (tertiary/aromatic N) is 5. The zero-order valence-corrected chi connectivity index (χ0v) is 26.5. The van der Waals surface area contributed by atoms with Crippen LogP contribution in [0.4, 0.5) is 23.3 Å². The van der Waals surface area contributed by atoms with E-state index >= 15 is 0 Å². The first kappa shape index (κ1) is 29.9. The average Bonchev–Trinajstić information content (AvgIpc) is 3.05. The molecule has 2 aromatic carbocycles. The Labute approximate surface area is 265 Å². The first-order chi connectivity index (χ1) is 21.0. The molecular weight excluding hydrogens is 578 g/mol. The normalized spacial score (nSPS) is 20.5. The molecule has 2 N–H and O–H groups in total. The van der Waals surface area contributed by atoms with Gasteiger partial charge in [0.1, 0.15) is 11.6 Å². The minimum absolute atomic E-state index is 0.106. The monoisotopic (exact) mass is 619 g/mol. The lowest BCUT2D eigenvalue weighted by molar-refractivity contribution is 0.0515. The summed E-state index contributed by atoms with van der Waals surface area (Å²) < 4.78 is 5.72. The molecule has 3 fully saturated rings. The third kappa shape index (κ3) is 7.33. The summed E-state index contributed by atoms with van der Waals surface area (Å²) in [6.07, 6.45) is 4.24. The zero-order valence-electron chi connectivity index (χ0n) is 25.0. The summed E-state index contributed by atoms with van der Waals surface area (Å²) in [4.78, 5) is 17.2. The minimum Gasteiger partial charge on any atom is -0.381 e. The van der Waals surface area contributed by atoms with E-state index in [1.807, 2.05) is 12.1 Å². The third-order valence-electron chi connectivity index (χ3n) is 9.10. The van der Waals surface area contributed by atoms with Crippen LogP contribution >= 0.6 is 23.8 Å². The van der Waals surface area contributed by atoms with Gasteiger partial charge in [0.15, 0.2) is 5.11 Å². The number of rotatable bonds is 7. The van der Waals surface area contributed by atoms with Gasteiger partial charge in [0.05, 0.1) is 0 Å². The van der Waals surface area contributed by atoms with E-state index in [0.717, 1.165) is 68.8 Å². The zero-order chi connectivity index (χ0) is 29.6. The summed E-state index contributed by atoms with van der Waals surface area (Å²) in [5, 5.41) is 8.11. The van der Waals surface area contributed by atoms with Crippen molar-refractivity contribution in [3.8, 4) is 0 Å². The van der Waals surface area contributed by atoms with Crippen LogP contribution in [-0.2, 0) is 10.2 Å². The Morgan fingerprint density at radius 2 is 1.65 bits per heavy atom. The number of halogens is 1. The lowest BCUT2D eigenvalue weighted by Gasteiger charge is -2.38. The van der Waals surface area contributed by atoms with Crippen LogP contribution in [0, 0.1) is 5.92 Å². The van der Waals surface area contributed by atoms with Crippen molar-refractivity contribution in [2.24, 2.45) is 5.92 Å². The molecule has 0 aliphatic carbocycles. The predicted molar refractivity (Wildman–Crippen MR) is 181 cm³/mol. The van der Waals surface area contributed by atoms with Crippen LogP contribution in [0.3, 0.4) is 0 Å². The summed E-state index contributed by atoms with van der Waals surface area (Å²) in [6, 6.07) is 21.0. The summed E-state index contributed by atoms with van der Waals surface area (Å²) >= 11 is 12.2. The molecule has 8 nitrogen and oxygen atoms in total. The first-order valence-electron chi connectivity index (χ1n) is 15.6. The summed E-state index contributed by atoms with van der Waals surface area (Å²) in [5.41, 5.74) is 2.38. The highest BCUT2D eigenvalue weighted by atomic mass is 35.5. The Morgan fingerprint density at radius 1 is 0.930 bits per heavy atom. The van der Waals surface area contributed by atoms with Crippen molar-refractivity contribution in [3.05, 3.63) is 71.2 Å². The van der Waals surface area contributed by atoms with E-state index < -0.39 is 0 Å². The van der Waals surface area contributed by atoms with E-state index in [1.165, 1.54) is 24.1 Å². The van der Waals surface area contributed by atoms with E-state index in [1.54, 1.807) is 0 Å². The highest BCUT2D eigenvalue weighted by molar-refractivity contribution is 7.80. The molecule has 0 unspecified atom stereocenters. The number of piperazine rings is 1. The van der Waals surface area contributed by atoms with Gasteiger partial charge in [-0.05, 0) is 73.6 Å². The molecule has 1 atom stereocenters. The molecule has 0 spiro atoms. The molecule has 0 radical (unpaired) electrons. The maximum absolute atomic E-state index is 6.38. The van der Waals surface area contributed by atoms with E-state index in [2.05, 4.69) is 80.8 Å². The molecule has 43 heavy (non-hydrogen) atoms. The van der Waals surface area contributed by atoms with Crippen LogP contribution < -0.4 is 25.3 Å². The van der Waals surface area contributed by atoms with Gasteiger partial charge in [0, 0.05) is 81.2 Å². The van der Waals surface area contributed by atoms with Crippen molar-refractivity contribution in [2.45, 2.75) is 38.0 Å². The van der Waals surface area contributed by atoms with Crippen molar-refractivity contribution in [1.29, 1.82) is 0 Å². The molecule has 0 saturated carbocycles. The SMILES string of the molecule is C[C@H]1CCCN(c2cc(N3CCN(c4ccccc4)CC3)nc(NC(=S)NCC3(c4cccc(Cl)c4)CCOCC3)n2)C1. The van der Waals surface area contributed by atoms with Crippen LogP contribution in [0.1, 0.15) is 38.2 Å². The average molecular weight is 620 g/mol. The van der Waals surface area contributed by atoms with E-state index in [-0.39, 0.29) is 5.41 Å². The van der Waals surface area contributed by atoms with Crippen LogP contribution in [0.5, 0.6) is 0 Å². The van der Waals surface area contributed by atoms with E-state index in [4.69, 9.17) is 38.5 Å². The van der Waals surface area contributed by atoms with Gasteiger partial charge in [-0.3, -0.25) is 0 Å². The largest absolute Gasteiger partial charge is 0.381 e. The summed E-state index contributed by atoms with van der Waals surface area (Å²) in [7, 11) is 0. The van der Waals surface area contributed by atoms with Gasteiger partial charge in [-0.25, -0.2) is 0 Å². The topological polar surface area (TPSA) is 68.8 Å². The van der Waals surface area contributed by atoms with Crippen molar-refractivity contribution >= 4 is 52.2 Å². The maximum Gasteiger partial charge on any atom is 0.232 e. The second-order valence-corrected chi connectivity index (χ2v) is 13.0. The van der Waals surface area contributed by atoms with Gasteiger partial charge in [-0.2, -0.15) is 9.97 Å². The number of para-hydroxylation sites is 1. The summed E-state index contributed by atoms with van der Waals surface area (Å²) in [6.45, 7) is 10.1. The predicted octanol–water partition coefficient (Wildman–Crippen LogP) is 5.73. The smallest absolute Gasteiger partial charge is 0.232 e. The van der Waals surface area contributed by atoms with Crippen molar-refractivity contribution in [3.63, 3.8) is 0 Å². The van der Waals surface area contributed by atoms with Crippen LogP contribution in [0.2, 0.25) is 5.02 Å². The number of piperidine rings is 1. The van der Waals surface area contributed by atoms with Gasteiger partial charge in [-0.1, -0.05) is 48.9 Å². The highest BCUT2D eigenvalue weighted by Gasteiger charge is 2.35. The number of thiocarbonyl (C=S) groups is 1. The molecule has 0 bridgehead atoms. The minimum atomic E-state index is -0.106. The van der Waals surface area contributed by atoms with Crippen LogP contribution in [-0.4, -0.2) is 74.1 Å². The van der Waals surface area contributed by atoms with Crippen molar-refractivity contribution in [2.75, 3.05) is 79.0 Å². The Bertz CT molecular complexity index is 1380. The number of hydrogen-bond donors (Lipinski definition) is 2. The first-order valence-corrected chi connectivity index (χ1v) is 16.3. The van der Waals surface area contributed by atoms with Crippen molar-refractivity contribution in [1.82, 2.24) is 15.3 Å². The number of nitrogens with one attached hydrogen (secondary N) is 2. The van der Waals surface area contributed by atoms with E-state index in [9.17, 15) is 0 Å². The fourth-order valence-corrected chi connectivity index (χ4v) is 6.93. The number of aromatic nitrogens is 2. The molecule has 3 saturated heterocycles. The fourth-order valence-electron chi connectivity index (χ4n) is 6.58. The second kappa shape index (κ2) is 13.7. The van der Waals surface area contributed by atoms with E-state index in [0.29, 0.717) is 36.7 Å². The van der Waals surface area contributed by atoms with Gasteiger partial charge in [0.25, 0.3) is 0 Å². The lowest BCUT2D eigenvalue weighted by Crippen LogP contribution is -2.47. The van der Waals surface area contributed by atoms with Crippen molar-refractivity contribution < 1.29 is 4.74 Å². The number of hydrogen-bond acceptors (Lipinski definition) is 7. The molecule has 228 valence electrons.